The van der Waals surface area contributed by atoms with Gasteiger partial charge >= 0.3 is 0 Å². The third-order valence-electron chi connectivity index (χ3n) is 2.81. The molecule has 1 aromatic heterocycles. The number of fused-ring (bicyclic) bond motifs is 1. The fourth-order valence-electron chi connectivity index (χ4n) is 1.89. The van der Waals surface area contributed by atoms with Crippen LogP contribution in [0.1, 0.15) is 5.56 Å². The molecule has 0 aliphatic heterocycles. The summed E-state index contributed by atoms with van der Waals surface area (Å²) in [5, 5.41) is 11.3. The summed E-state index contributed by atoms with van der Waals surface area (Å²) in [4.78, 5) is 4.59. The second kappa shape index (κ2) is 4.26. The van der Waals surface area contributed by atoms with Crippen molar-refractivity contribution in [1.29, 1.82) is 0 Å². The normalized spacial score (nSPS) is 11.0. The molecule has 1 heterocycles. The number of aryl methyl sites for hydroxylation is 1. The second-order valence-electron chi connectivity index (χ2n) is 4.10. The van der Waals surface area contributed by atoms with E-state index in [0.717, 1.165) is 26.4 Å². The highest BCUT2D eigenvalue weighted by Gasteiger charge is 2.11. The Bertz CT molecular complexity index is 736. The van der Waals surface area contributed by atoms with Gasteiger partial charge in [0.2, 0.25) is 0 Å². The molecule has 18 heavy (non-hydrogen) atoms. The maximum atomic E-state index is 9.92. The van der Waals surface area contributed by atoms with E-state index >= 15 is 0 Å². The molecule has 0 aliphatic carbocycles. The summed E-state index contributed by atoms with van der Waals surface area (Å²) in [6.45, 7) is 2.04. The van der Waals surface area contributed by atoms with Crippen molar-refractivity contribution in [3.05, 3.63) is 47.0 Å². The van der Waals surface area contributed by atoms with Crippen LogP contribution in [-0.2, 0) is 0 Å². The van der Waals surface area contributed by atoms with Crippen LogP contribution in [0.15, 0.2) is 36.4 Å². The van der Waals surface area contributed by atoms with Crippen molar-refractivity contribution in [3.63, 3.8) is 0 Å². The number of halogens is 1. The van der Waals surface area contributed by atoms with Gasteiger partial charge in [-0.05, 0) is 36.8 Å². The van der Waals surface area contributed by atoms with Gasteiger partial charge in [0.25, 0.3) is 0 Å². The first kappa shape index (κ1) is 11.5. The van der Waals surface area contributed by atoms with Gasteiger partial charge in [0.1, 0.15) is 10.8 Å². The van der Waals surface area contributed by atoms with E-state index in [1.165, 1.54) is 6.07 Å². The summed E-state index contributed by atoms with van der Waals surface area (Å²) in [5.74, 6) is 0.166. The lowest BCUT2D eigenvalue weighted by Crippen LogP contribution is -1.79. The minimum absolute atomic E-state index is 0.166. The van der Waals surface area contributed by atoms with Crippen molar-refractivity contribution >= 4 is 33.2 Å². The van der Waals surface area contributed by atoms with E-state index < -0.39 is 0 Å². The highest BCUT2D eigenvalue weighted by atomic mass is 35.5. The fourth-order valence-corrected chi connectivity index (χ4v) is 3.13. The molecular formula is C14H10ClNOS. The molecule has 90 valence electrons. The maximum Gasteiger partial charge on any atom is 0.128 e. The average molecular weight is 276 g/mol. The van der Waals surface area contributed by atoms with Gasteiger partial charge in [-0.2, -0.15) is 0 Å². The van der Waals surface area contributed by atoms with E-state index in [-0.39, 0.29) is 5.75 Å². The summed E-state index contributed by atoms with van der Waals surface area (Å²) >= 11 is 7.40. The topological polar surface area (TPSA) is 33.1 Å². The fraction of sp³-hybridized carbons (Fsp3) is 0.0714. The number of hydrogen-bond acceptors (Lipinski definition) is 3. The minimum atomic E-state index is 0.166. The van der Waals surface area contributed by atoms with Gasteiger partial charge in [-0.3, -0.25) is 0 Å². The monoisotopic (exact) mass is 275 g/mol. The van der Waals surface area contributed by atoms with Crippen molar-refractivity contribution in [2.24, 2.45) is 0 Å². The lowest BCUT2D eigenvalue weighted by Gasteiger charge is -2.00. The van der Waals surface area contributed by atoms with Gasteiger partial charge in [-0.25, -0.2) is 4.98 Å². The zero-order valence-electron chi connectivity index (χ0n) is 9.64. The van der Waals surface area contributed by atoms with E-state index in [4.69, 9.17) is 11.6 Å². The average Bonchev–Trinajstić information content (AvgIpc) is 2.74. The molecule has 0 fully saturated rings. The largest absolute Gasteiger partial charge is 0.507 e. The van der Waals surface area contributed by atoms with Crippen LogP contribution in [0, 0.1) is 6.92 Å². The first-order valence-corrected chi connectivity index (χ1v) is 6.69. The molecule has 1 N–H and O–H groups in total. The highest BCUT2D eigenvalue weighted by Crippen LogP contribution is 2.37. The molecule has 0 saturated carbocycles. The molecule has 2 aromatic carbocycles. The summed E-state index contributed by atoms with van der Waals surface area (Å²) in [5.41, 5.74) is 2.86. The zero-order chi connectivity index (χ0) is 12.7. The van der Waals surface area contributed by atoms with Crippen molar-refractivity contribution in [2.45, 2.75) is 6.92 Å². The summed E-state index contributed by atoms with van der Waals surface area (Å²) in [7, 11) is 0. The predicted molar refractivity (Wildman–Crippen MR) is 76.5 cm³/mol. The Morgan fingerprint density at radius 2 is 2.06 bits per heavy atom. The molecule has 4 heteroatoms. The molecule has 3 rings (SSSR count). The number of hydrogen-bond donors (Lipinski definition) is 1. The lowest BCUT2D eigenvalue weighted by atomic mass is 10.2. The molecular weight excluding hydrogens is 266 g/mol. The number of phenols is 1. The van der Waals surface area contributed by atoms with E-state index in [1.54, 1.807) is 23.5 Å². The number of nitrogens with zero attached hydrogens (tertiary/aromatic N) is 1. The van der Waals surface area contributed by atoms with Crippen LogP contribution in [0.2, 0.25) is 5.02 Å². The molecule has 0 radical (unpaired) electrons. The van der Waals surface area contributed by atoms with E-state index in [9.17, 15) is 5.11 Å². The van der Waals surface area contributed by atoms with Crippen molar-refractivity contribution in [3.8, 4) is 16.3 Å². The van der Waals surface area contributed by atoms with Crippen LogP contribution in [-0.4, -0.2) is 10.1 Å². The van der Waals surface area contributed by atoms with Gasteiger partial charge in [-0.15, -0.1) is 11.3 Å². The SMILES string of the molecule is Cc1cccc2sc(-c3ccc(Cl)cc3O)nc12. The van der Waals surface area contributed by atoms with Crippen molar-refractivity contribution < 1.29 is 5.11 Å². The summed E-state index contributed by atoms with van der Waals surface area (Å²) < 4.78 is 1.12. The zero-order valence-corrected chi connectivity index (χ0v) is 11.2. The molecule has 0 unspecified atom stereocenters. The smallest absolute Gasteiger partial charge is 0.128 e. The number of thiazole rings is 1. The number of aromatic hydroxyl groups is 1. The third-order valence-corrected chi connectivity index (χ3v) is 4.10. The van der Waals surface area contributed by atoms with Crippen LogP contribution < -0.4 is 0 Å². The van der Waals surface area contributed by atoms with Crippen LogP contribution in [0.4, 0.5) is 0 Å². The van der Waals surface area contributed by atoms with Gasteiger partial charge in [0.05, 0.1) is 15.8 Å². The molecule has 2 nitrogen and oxygen atoms in total. The van der Waals surface area contributed by atoms with Crippen LogP contribution >= 0.6 is 22.9 Å². The number of rotatable bonds is 1. The molecule has 0 spiro atoms. The Kier molecular flexibility index (Phi) is 2.73. The molecule has 0 atom stereocenters. The van der Waals surface area contributed by atoms with E-state index in [2.05, 4.69) is 4.98 Å². The highest BCUT2D eigenvalue weighted by molar-refractivity contribution is 7.21. The standard InChI is InChI=1S/C14H10ClNOS/c1-8-3-2-4-12-13(8)16-14(18-12)10-6-5-9(15)7-11(10)17/h2-7,17H,1H3. The van der Waals surface area contributed by atoms with Crippen LogP contribution in [0.5, 0.6) is 5.75 Å². The molecule has 0 saturated heterocycles. The van der Waals surface area contributed by atoms with Crippen LogP contribution in [0.3, 0.4) is 0 Å². The molecule has 3 aromatic rings. The van der Waals surface area contributed by atoms with Gasteiger partial charge in [0, 0.05) is 5.02 Å². The first-order chi connectivity index (χ1) is 8.65. The lowest BCUT2D eigenvalue weighted by molar-refractivity contribution is 0.477. The Morgan fingerprint density at radius 3 is 2.78 bits per heavy atom. The molecule has 0 aliphatic rings. The molecule has 0 bridgehead atoms. The van der Waals surface area contributed by atoms with Gasteiger partial charge in [0.15, 0.2) is 0 Å². The van der Waals surface area contributed by atoms with Gasteiger partial charge in [-0.1, -0.05) is 23.7 Å². The first-order valence-electron chi connectivity index (χ1n) is 5.50. The second-order valence-corrected chi connectivity index (χ2v) is 5.57. The number of benzene rings is 2. The third kappa shape index (κ3) is 1.85. The minimum Gasteiger partial charge on any atom is -0.507 e. The summed E-state index contributed by atoms with van der Waals surface area (Å²) in [6, 6.07) is 11.2. The Balaban J connectivity index is 2.23. The maximum absolute atomic E-state index is 9.92. The Hall–Kier alpha value is -1.58. The van der Waals surface area contributed by atoms with Crippen molar-refractivity contribution in [2.75, 3.05) is 0 Å². The number of aromatic nitrogens is 1. The number of phenolic OH excluding ortho intramolecular Hbond substituents is 1. The predicted octanol–water partition coefficient (Wildman–Crippen LogP) is 4.63. The van der Waals surface area contributed by atoms with Crippen LogP contribution in [0.25, 0.3) is 20.8 Å². The summed E-state index contributed by atoms with van der Waals surface area (Å²) in [6.07, 6.45) is 0. The van der Waals surface area contributed by atoms with E-state index in [0.29, 0.717) is 5.02 Å². The Morgan fingerprint density at radius 1 is 1.22 bits per heavy atom. The molecule has 0 amide bonds. The quantitative estimate of drug-likeness (QED) is 0.702. The number of para-hydroxylation sites is 1. The Labute approximate surface area is 113 Å². The van der Waals surface area contributed by atoms with Crippen molar-refractivity contribution in [1.82, 2.24) is 4.98 Å². The van der Waals surface area contributed by atoms with Gasteiger partial charge < -0.3 is 5.11 Å². The van der Waals surface area contributed by atoms with E-state index in [1.807, 2.05) is 25.1 Å².